The first-order valence-electron chi connectivity index (χ1n) is 8.85. The minimum Gasteiger partial charge on any atom is -0.381 e. The Hall–Kier alpha value is -2.08. The number of hydrogen-bond donors (Lipinski definition) is 2. The van der Waals surface area contributed by atoms with Gasteiger partial charge in [-0.3, -0.25) is 4.79 Å². The Balaban J connectivity index is 1.68. The van der Waals surface area contributed by atoms with E-state index in [0.29, 0.717) is 12.6 Å². The number of nitrogens with zero attached hydrogens (tertiary/aromatic N) is 1. The van der Waals surface area contributed by atoms with E-state index in [-0.39, 0.29) is 24.5 Å². The van der Waals surface area contributed by atoms with E-state index in [2.05, 4.69) is 10.6 Å². The number of carbonyl (C=O) groups is 2. The predicted octanol–water partition coefficient (Wildman–Crippen LogP) is 2.21. The van der Waals surface area contributed by atoms with Crippen LogP contribution in [0.25, 0.3) is 0 Å². The Kier molecular flexibility index (Phi) is 7.25. The first-order valence-corrected chi connectivity index (χ1v) is 8.85. The largest absolute Gasteiger partial charge is 0.381 e. The first-order chi connectivity index (χ1) is 12.0. The molecule has 1 aromatic carbocycles. The van der Waals surface area contributed by atoms with Crippen LogP contribution in [0.15, 0.2) is 24.3 Å². The fraction of sp³-hybridized carbons (Fsp3) is 0.579. The van der Waals surface area contributed by atoms with Crippen molar-refractivity contribution in [3.8, 4) is 0 Å². The molecule has 6 heteroatoms. The zero-order valence-corrected chi connectivity index (χ0v) is 15.4. The third-order valence-electron chi connectivity index (χ3n) is 4.89. The quantitative estimate of drug-likeness (QED) is 0.829. The summed E-state index contributed by atoms with van der Waals surface area (Å²) in [6.45, 7) is 2.48. The number of ether oxygens (including phenoxy) is 1. The summed E-state index contributed by atoms with van der Waals surface area (Å²) in [5.74, 6) is -0.0636. The highest BCUT2D eigenvalue weighted by Gasteiger charge is 2.26. The molecule has 2 rings (SSSR count). The van der Waals surface area contributed by atoms with E-state index in [4.69, 9.17) is 4.74 Å². The summed E-state index contributed by atoms with van der Waals surface area (Å²) in [4.78, 5) is 25.9. The number of amides is 3. The molecule has 1 fully saturated rings. The summed E-state index contributed by atoms with van der Waals surface area (Å²) >= 11 is 0. The summed E-state index contributed by atoms with van der Waals surface area (Å²) in [5, 5.41) is 5.41. The molecular weight excluding hydrogens is 318 g/mol. The van der Waals surface area contributed by atoms with Crippen molar-refractivity contribution >= 4 is 11.9 Å². The maximum Gasteiger partial charge on any atom is 0.315 e. The second kappa shape index (κ2) is 9.42. The van der Waals surface area contributed by atoms with Crippen molar-refractivity contribution in [3.63, 3.8) is 0 Å². The number of aryl methyl sites for hydroxylation is 1. The van der Waals surface area contributed by atoms with E-state index in [1.54, 1.807) is 12.0 Å². The van der Waals surface area contributed by atoms with Gasteiger partial charge in [-0.2, -0.15) is 0 Å². The van der Waals surface area contributed by atoms with Crippen LogP contribution in [0.4, 0.5) is 4.79 Å². The molecule has 0 unspecified atom stereocenters. The molecule has 1 aliphatic rings. The van der Waals surface area contributed by atoms with Crippen molar-refractivity contribution in [2.75, 3.05) is 20.7 Å². The number of rotatable bonds is 6. The van der Waals surface area contributed by atoms with Gasteiger partial charge < -0.3 is 20.3 Å². The third kappa shape index (κ3) is 6.05. The molecule has 0 atom stereocenters. The summed E-state index contributed by atoms with van der Waals surface area (Å²) in [5.41, 5.74) is 2.21. The molecule has 0 radical (unpaired) electrons. The number of carbonyl (C=O) groups excluding carboxylic acids is 2. The molecule has 0 saturated heterocycles. The van der Waals surface area contributed by atoms with Gasteiger partial charge >= 0.3 is 6.03 Å². The van der Waals surface area contributed by atoms with Crippen LogP contribution in [0.1, 0.15) is 36.8 Å². The van der Waals surface area contributed by atoms with E-state index < -0.39 is 0 Å². The molecule has 0 aromatic heterocycles. The zero-order chi connectivity index (χ0) is 18.2. The van der Waals surface area contributed by atoms with Gasteiger partial charge in [-0.15, -0.1) is 0 Å². The molecule has 3 amide bonds. The van der Waals surface area contributed by atoms with Crippen molar-refractivity contribution in [2.45, 2.75) is 51.3 Å². The molecule has 25 heavy (non-hydrogen) atoms. The second-order valence-electron chi connectivity index (χ2n) is 6.69. The molecule has 0 heterocycles. The van der Waals surface area contributed by atoms with Crippen LogP contribution in [0.3, 0.4) is 0 Å². The Labute approximate surface area is 149 Å². The molecule has 0 bridgehead atoms. The number of urea groups is 1. The molecule has 1 aromatic rings. The lowest BCUT2D eigenvalue weighted by molar-refractivity contribution is -0.131. The van der Waals surface area contributed by atoms with Crippen molar-refractivity contribution in [3.05, 3.63) is 35.4 Å². The molecule has 0 aliphatic heterocycles. The Morgan fingerprint density at radius 3 is 2.36 bits per heavy atom. The number of nitrogens with one attached hydrogen (secondary N) is 2. The second-order valence-corrected chi connectivity index (χ2v) is 6.69. The lowest BCUT2D eigenvalue weighted by Crippen LogP contribution is -2.46. The maximum atomic E-state index is 12.3. The van der Waals surface area contributed by atoms with Crippen LogP contribution in [0.5, 0.6) is 0 Å². The van der Waals surface area contributed by atoms with Crippen molar-refractivity contribution in [1.29, 1.82) is 0 Å². The summed E-state index contributed by atoms with van der Waals surface area (Å²) in [6, 6.07) is 7.87. The first kappa shape index (κ1) is 19.2. The maximum absolute atomic E-state index is 12.3. The molecule has 138 valence electrons. The number of methoxy groups -OCH3 is 1. The summed E-state index contributed by atoms with van der Waals surface area (Å²) in [6.07, 6.45) is 4.15. The van der Waals surface area contributed by atoms with Gasteiger partial charge in [-0.1, -0.05) is 29.8 Å². The summed E-state index contributed by atoms with van der Waals surface area (Å²) in [7, 11) is 3.55. The van der Waals surface area contributed by atoms with Crippen LogP contribution in [-0.2, 0) is 16.1 Å². The van der Waals surface area contributed by atoms with Crippen molar-refractivity contribution in [2.24, 2.45) is 0 Å². The molecule has 1 saturated carbocycles. The minimum absolute atomic E-state index is 0.0143. The predicted molar refractivity (Wildman–Crippen MR) is 97.2 cm³/mol. The van der Waals surface area contributed by atoms with Gasteiger partial charge in [0.15, 0.2) is 0 Å². The van der Waals surface area contributed by atoms with Gasteiger partial charge in [-0.05, 0) is 38.2 Å². The number of hydrogen-bond acceptors (Lipinski definition) is 3. The molecule has 1 aliphatic carbocycles. The van der Waals surface area contributed by atoms with Gasteiger partial charge in [-0.25, -0.2) is 4.79 Å². The fourth-order valence-corrected chi connectivity index (χ4v) is 3.10. The topological polar surface area (TPSA) is 70.7 Å². The Bertz CT molecular complexity index is 566. The van der Waals surface area contributed by atoms with Crippen LogP contribution in [-0.4, -0.2) is 49.7 Å². The van der Waals surface area contributed by atoms with E-state index in [1.165, 1.54) is 5.56 Å². The Morgan fingerprint density at radius 2 is 1.76 bits per heavy atom. The standard InChI is InChI=1S/C19H29N3O3/c1-14-4-6-15(7-5-14)12-20-19(24)21-13-18(23)22(2)16-8-10-17(25-3)11-9-16/h4-7,16-17H,8-13H2,1-3H3,(H2,20,21,24). The highest BCUT2D eigenvalue weighted by Crippen LogP contribution is 2.23. The van der Waals surface area contributed by atoms with Gasteiger partial charge in [0.2, 0.25) is 5.91 Å². The zero-order valence-electron chi connectivity index (χ0n) is 15.4. The van der Waals surface area contributed by atoms with Crippen LogP contribution >= 0.6 is 0 Å². The SMILES string of the molecule is COC1CCC(N(C)C(=O)CNC(=O)NCc2ccc(C)cc2)CC1. The highest BCUT2D eigenvalue weighted by atomic mass is 16.5. The smallest absolute Gasteiger partial charge is 0.315 e. The summed E-state index contributed by atoms with van der Waals surface area (Å²) < 4.78 is 5.36. The van der Waals surface area contributed by atoms with Crippen molar-refractivity contribution < 1.29 is 14.3 Å². The van der Waals surface area contributed by atoms with Crippen LogP contribution in [0, 0.1) is 6.92 Å². The van der Waals surface area contributed by atoms with E-state index in [9.17, 15) is 9.59 Å². The molecule has 6 nitrogen and oxygen atoms in total. The monoisotopic (exact) mass is 347 g/mol. The van der Waals surface area contributed by atoms with Crippen molar-refractivity contribution in [1.82, 2.24) is 15.5 Å². The van der Waals surface area contributed by atoms with Gasteiger partial charge in [0, 0.05) is 26.7 Å². The normalized spacial score (nSPS) is 20.0. The van der Waals surface area contributed by atoms with Gasteiger partial charge in [0.05, 0.1) is 12.6 Å². The number of likely N-dealkylation sites (N-methyl/N-ethyl adjacent to an activating group) is 1. The Morgan fingerprint density at radius 1 is 1.12 bits per heavy atom. The van der Waals surface area contributed by atoms with Crippen LogP contribution in [0.2, 0.25) is 0 Å². The van der Waals surface area contributed by atoms with Gasteiger partial charge in [0.1, 0.15) is 0 Å². The fourth-order valence-electron chi connectivity index (χ4n) is 3.10. The molecule has 2 N–H and O–H groups in total. The number of benzene rings is 1. The lowest BCUT2D eigenvalue weighted by Gasteiger charge is -2.34. The highest BCUT2D eigenvalue weighted by molar-refractivity contribution is 5.84. The van der Waals surface area contributed by atoms with E-state index in [0.717, 1.165) is 31.2 Å². The average molecular weight is 347 g/mol. The lowest BCUT2D eigenvalue weighted by atomic mass is 9.92. The molecule has 0 spiro atoms. The van der Waals surface area contributed by atoms with E-state index >= 15 is 0 Å². The van der Waals surface area contributed by atoms with E-state index in [1.807, 2.05) is 38.2 Å². The third-order valence-corrected chi connectivity index (χ3v) is 4.89. The minimum atomic E-state index is -0.328. The van der Waals surface area contributed by atoms with Crippen LogP contribution < -0.4 is 10.6 Å². The average Bonchev–Trinajstić information content (AvgIpc) is 2.65. The van der Waals surface area contributed by atoms with Gasteiger partial charge in [0.25, 0.3) is 0 Å². The molecular formula is C19H29N3O3.